The van der Waals surface area contributed by atoms with E-state index in [0.29, 0.717) is 17.8 Å². The van der Waals surface area contributed by atoms with E-state index in [4.69, 9.17) is 0 Å². The second-order valence-corrected chi connectivity index (χ2v) is 11.5. The molecule has 0 aliphatic rings. The molecule has 0 fully saturated rings. The number of amides is 2. The fourth-order valence-electron chi connectivity index (χ4n) is 4.25. The SMILES string of the molecule is Cc1nc2cc(-n3ccnc3C(Cc3ccccc3)NC(=O)NS(=O)(=O)c3ccccc3C)ccc2s1. The van der Waals surface area contributed by atoms with Gasteiger partial charge in [-0.05, 0) is 55.7 Å². The zero-order valence-corrected chi connectivity index (χ0v) is 21.9. The van der Waals surface area contributed by atoms with Crippen LogP contribution in [0.15, 0.2) is 90.1 Å². The fraction of sp³-hybridized carbons (Fsp3) is 0.148. The van der Waals surface area contributed by atoms with Gasteiger partial charge in [0, 0.05) is 18.1 Å². The number of hydrogen-bond donors (Lipinski definition) is 2. The van der Waals surface area contributed by atoms with E-state index in [2.05, 4.69) is 20.0 Å². The minimum Gasteiger partial charge on any atom is -0.327 e. The van der Waals surface area contributed by atoms with Crippen molar-refractivity contribution < 1.29 is 13.2 Å². The molecule has 0 aliphatic carbocycles. The number of rotatable bonds is 7. The van der Waals surface area contributed by atoms with Crippen molar-refractivity contribution in [2.24, 2.45) is 0 Å². The van der Waals surface area contributed by atoms with Gasteiger partial charge >= 0.3 is 6.03 Å². The van der Waals surface area contributed by atoms with Crippen LogP contribution >= 0.6 is 11.3 Å². The summed E-state index contributed by atoms with van der Waals surface area (Å²) in [7, 11) is -4.06. The highest BCUT2D eigenvalue weighted by Crippen LogP contribution is 2.26. The number of urea groups is 1. The first-order valence-corrected chi connectivity index (χ1v) is 13.9. The van der Waals surface area contributed by atoms with E-state index in [9.17, 15) is 13.2 Å². The highest BCUT2D eigenvalue weighted by molar-refractivity contribution is 7.90. The van der Waals surface area contributed by atoms with Gasteiger partial charge in [0.25, 0.3) is 10.0 Å². The first kappa shape index (κ1) is 24.7. The number of imidazole rings is 1. The lowest BCUT2D eigenvalue weighted by Crippen LogP contribution is -2.42. The first-order chi connectivity index (χ1) is 17.8. The molecule has 0 saturated carbocycles. The molecule has 0 aliphatic heterocycles. The number of nitrogens with one attached hydrogen (secondary N) is 2. The third-order valence-corrected chi connectivity index (χ3v) is 8.38. The van der Waals surface area contributed by atoms with E-state index in [1.54, 1.807) is 42.7 Å². The summed E-state index contributed by atoms with van der Waals surface area (Å²) < 4.78 is 30.9. The van der Waals surface area contributed by atoms with Gasteiger partial charge in [-0.2, -0.15) is 0 Å². The summed E-state index contributed by atoms with van der Waals surface area (Å²) in [5, 5.41) is 3.82. The lowest BCUT2D eigenvalue weighted by molar-refractivity contribution is 0.241. The predicted octanol–water partition coefficient (Wildman–Crippen LogP) is 5.07. The second-order valence-electron chi connectivity index (χ2n) is 8.63. The van der Waals surface area contributed by atoms with Gasteiger partial charge in [-0.25, -0.2) is 27.9 Å². The molecule has 1 unspecified atom stereocenters. The Bertz CT molecular complexity index is 1680. The van der Waals surface area contributed by atoms with Crippen LogP contribution in [0.3, 0.4) is 0 Å². The monoisotopic (exact) mass is 531 g/mol. The van der Waals surface area contributed by atoms with E-state index in [1.807, 2.05) is 66.2 Å². The van der Waals surface area contributed by atoms with Crippen molar-refractivity contribution in [2.75, 3.05) is 0 Å². The molecule has 0 spiro atoms. The fourth-order valence-corrected chi connectivity index (χ4v) is 6.22. The van der Waals surface area contributed by atoms with E-state index < -0.39 is 22.1 Å². The summed E-state index contributed by atoms with van der Waals surface area (Å²) in [6, 6.07) is 20.7. The number of fused-ring (bicyclic) bond motifs is 1. The molecule has 0 saturated heterocycles. The van der Waals surface area contributed by atoms with Gasteiger partial charge in [-0.1, -0.05) is 48.5 Å². The summed E-state index contributed by atoms with van der Waals surface area (Å²) in [6.07, 6.45) is 3.89. The number of carbonyl (C=O) groups excluding carboxylic acids is 1. The van der Waals surface area contributed by atoms with Crippen LogP contribution in [0.1, 0.15) is 28.0 Å². The number of carbonyl (C=O) groups is 1. The van der Waals surface area contributed by atoms with Gasteiger partial charge in [0.05, 0.1) is 26.2 Å². The molecule has 2 N–H and O–H groups in total. The standard InChI is InChI=1S/C27H25N5O3S2/c1-18-8-6-7-11-25(18)37(34,35)31-27(33)30-23(16-20-9-4-3-5-10-20)26-28-14-15-32(26)21-12-13-24-22(17-21)29-19(2)36-24/h3-15,17,23H,16H2,1-2H3,(H2,30,31,33). The number of thiazole rings is 1. The third-order valence-electron chi connectivity index (χ3n) is 5.94. The summed E-state index contributed by atoms with van der Waals surface area (Å²) in [4.78, 5) is 22.2. The average molecular weight is 532 g/mol. The maximum atomic E-state index is 13.0. The van der Waals surface area contributed by atoms with Crippen LogP contribution in [0, 0.1) is 13.8 Å². The summed E-state index contributed by atoms with van der Waals surface area (Å²) in [6.45, 7) is 3.65. The molecule has 2 amide bonds. The lowest BCUT2D eigenvalue weighted by atomic mass is 10.1. The van der Waals surface area contributed by atoms with Crippen molar-refractivity contribution in [1.82, 2.24) is 24.6 Å². The zero-order valence-electron chi connectivity index (χ0n) is 20.3. The summed E-state index contributed by atoms with van der Waals surface area (Å²) in [5.74, 6) is 0.568. The summed E-state index contributed by atoms with van der Waals surface area (Å²) >= 11 is 1.62. The molecule has 0 bridgehead atoms. The Morgan fingerprint density at radius 3 is 2.57 bits per heavy atom. The zero-order chi connectivity index (χ0) is 26.0. The van der Waals surface area contributed by atoms with Gasteiger partial charge < -0.3 is 9.88 Å². The Balaban J connectivity index is 1.46. The molecular formula is C27H25N5O3S2. The molecule has 37 heavy (non-hydrogen) atoms. The minimum absolute atomic E-state index is 0.0538. The van der Waals surface area contributed by atoms with Crippen LogP contribution in [-0.2, 0) is 16.4 Å². The van der Waals surface area contributed by atoms with Gasteiger partial charge in [0.15, 0.2) is 0 Å². The van der Waals surface area contributed by atoms with Crippen LogP contribution in [0.5, 0.6) is 0 Å². The smallest absolute Gasteiger partial charge is 0.327 e. The van der Waals surface area contributed by atoms with E-state index in [-0.39, 0.29) is 4.90 Å². The number of sulfonamides is 1. The number of aromatic nitrogens is 3. The Morgan fingerprint density at radius 1 is 1.03 bits per heavy atom. The van der Waals surface area contributed by atoms with Crippen LogP contribution < -0.4 is 10.0 Å². The Kier molecular flexibility index (Phi) is 6.77. The van der Waals surface area contributed by atoms with Crippen molar-refractivity contribution in [3.05, 3.63) is 107 Å². The maximum Gasteiger partial charge on any atom is 0.329 e. The van der Waals surface area contributed by atoms with Crippen LogP contribution in [0.2, 0.25) is 0 Å². The van der Waals surface area contributed by atoms with Crippen molar-refractivity contribution in [3.63, 3.8) is 0 Å². The van der Waals surface area contributed by atoms with E-state index in [1.165, 1.54) is 6.07 Å². The number of nitrogens with zero attached hydrogens (tertiary/aromatic N) is 3. The van der Waals surface area contributed by atoms with E-state index in [0.717, 1.165) is 26.5 Å². The van der Waals surface area contributed by atoms with Crippen LogP contribution in [0.4, 0.5) is 4.79 Å². The molecule has 10 heteroatoms. The van der Waals surface area contributed by atoms with E-state index >= 15 is 0 Å². The third kappa shape index (κ3) is 5.40. The van der Waals surface area contributed by atoms with Crippen LogP contribution in [0.25, 0.3) is 15.9 Å². The Morgan fingerprint density at radius 2 is 1.78 bits per heavy atom. The van der Waals surface area contributed by atoms with Gasteiger partial charge in [0.2, 0.25) is 0 Å². The van der Waals surface area contributed by atoms with Crippen molar-refractivity contribution >= 4 is 37.6 Å². The predicted molar refractivity (Wildman–Crippen MR) is 144 cm³/mol. The molecule has 5 rings (SSSR count). The second kappa shape index (κ2) is 10.2. The highest BCUT2D eigenvalue weighted by Gasteiger charge is 2.25. The molecule has 188 valence electrons. The first-order valence-electron chi connectivity index (χ1n) is 11.6. The molecule has 2 aromatic heterocycles. The number of benzene rings is 3. The molecule has 5 aromatic rings. The molecule has 3 aromatic carbocycles. The molecule has 1 atom stereocenters. The molecule has 0 radical (unpaired) electrons. The summed E-state index contributed by atoms with van der Waals surface area (Å²) in [5.41, 5.74) is 3.24. The van der Waals surface area contributed by atoms with Crippen molar-refractivity contribution in [2.45, 2.75) is 31.2 Å². The van der Waals surface area contributed by atoms with Crippen molar-refractivity contribution in [3.8, 4) is 5.69 Å². The average Bonchev–Trinajstić information content (AvgIpc) is 3.49. The van der Waals surface area contributed by atoms with Crippen LogP contribution in [-0.4, -0.2) is 29.0 Å². The molecule has 8 nitrogen and oxygen atoms in total. The van der Waals surface area contributed by atoms with Crippen molar-refractivity contribution in [1.29, 1.82) is 0 Å². The normalized spacial score (nSPS) is 12.4. The minimum atomic E-state index is -4.06. The molecular weight excluding hydrogens is 506 g/mol. The van der Waals surface area contributed by atoms with Gasteiger partial charge in [-0.15, -0.1) is 11.3 Å². The Hall–Kier alpha value is -4.02. The highest BCUT2D eigenvalue weighted by atomic mass is 32.2. The van der Waals surface area contributed by atoms with Gasteiger partial charge in [-0.3, -0.25) is 0 Å². The van der Waals surface area contributed by atoms with Gasteiger partial charge in [0.1, 0.15) is 5.82 Å². The topological polar surface area (TPSA) is 106 Å². The quantitative estimate of drug-likeness (QED) is 0.305. The number of hydrogen-bond acceptors (Lipinski definition) is 6. The largest absolute Gasteiger partial charge is 0.329 e. The lowest BCUT2D eigenvalue weighted by Gasteiger charge is -2.21. The maximum absolute atomic E-state index is 13.0. The molecule has 2 heterocycles. The Labute approximate surface area is 219 Å². The number of aryl methyl sites for hydroxylation is 2.